The van der Waals surface area contributed by atoms with E-state index in [0.29, 0.717) is 11.4 Å². The maximum atomic E-state index is 12.1. The van der Waals surface area contributed by atoms with Crippen molar-refractivity contribution in [2.45, 2.75) is 25.3 Å². The number of rotatable bonds is 4. The van der Waals surface area contributed by atoms with Gasteiger partial charge in [-0.05, 0) is 30.5 Å². The molecule has 1 aromatic rings. The van der Waals surface area contributed by atoms with Crippen molar-refractivity contribution < 1.29 is 14.3 Å². The van der Waals surface area contributed by atoms with Gasteiger partial charge >= 0.3 is 5.97 Å². The maximum Gasteiger partial charge on any atom is 0.309 e. The third-order valence-electron chi connectivity index (χ3n) is 4.67. The Labute approximate surface area is 141 Å². The van der Waals surface area contributed by atoms with Gasteiger partial charge in [0.1, 0.15) is 0 Å². The van der Waals surface area contributed by atoms with Gasteiger partial charge in [0, 0.05) is 24.4 Å². The first-order valence-electron chi connectivity index (χ1n) is 7.89. The van der Waals surface area contributed by atoms with Gasteiger partial charge in [0.05, 0.1) is 18.6 Å². The summed E-state index contributed by atoms with van der Waals surface area (Å²) >= 11 is 6.07. The lowest BCUT2D eigenvalue weighted by Gasteiger charge is -2.25. The molecule has 1 amide bonds. The SMILES string of the molecule is CN1C(=O)C[C@H](COC(=O)C2CC=CC2)[C@H]1c1cccc(Cl)c1. The summed E-state index contributed by atoms with van der Waals surface area (Å²) in [5.41, 5.74) is 0.981. The Morgan fingerprint density at radius 2 is 2.09 bits per heavy atom. The minimum absolute atomic E-state index is 0.0377. The number of allylic oxidation sites excluding steroid dienone is 2. The molecule has 2 aliphatic rings. The van der Waals surface area contributed by atoms with E-state index in [1.165, 1.54) is 0 Å². The zero-order chi connectivity index (χ0) is 16.4. The first-order chi connectivity index (χ1) is 11.1. The molecule has 0 radical (unpaired) electrons. The Hall–Kier alpha value is -1.81. The number of benzene rings is 1. The molecular formula is C18H20ClNO3. The smallest absolute Gasteiger partial charge is 0.309 e. The Kier molecular flexibility index (Phi) is 4.71. The Morgan fingerprint density at radius 3 is 2.78 bits per heavy atom. The van der Waals surface area contributed by atoms with E-state index in [9.17, 15) is 9.59 Å². The van der Waals surface area contributed by atoms with E-state index in [-0.39, 0.29) is 36.4 Å². The normalized spacial score (nSPS) is 24.4. The van der Waals surface area contributed by atoms with E-state index < -0.39 is 0 Å². The molecule has 1 aromatic carbocycles. The summed E-state index contributed by atoms with van der Waals surface area (Å²) in [4.78, 5) is 25.9. The topological polar surface area (TPSA) is 46.6 Å². The lowest BCUT2D eigenvalue weighted by molar-refractivity contribution is -0.149. The predicted molar refractivity (Wildman–Crippen MR) is 87.9 cm³/mol. The maximum absolute atomic E-state index is 12.1. The van der Waals surface area contributed by atoms with E-state index in [1.807, 2.05) is 36.4 Å². The molecular weight excluding hydrogens is 314 g/mol. The van der Waals surface area contributed by atoms with Gasteiger partial charge in [0.2, 0.25) is 5.91 Å². The predicted octanol–water partition coefficient (Wildman–Crippen LogP) is 3.37. The number of esters is 1. The van der Waals surface area contributed by atoms with Crippen molar-refractivity contribution in [2.24, 2.45) is 11.8 Å². The van der Waals surface area contributed by atoms with Gasteiger partial charge in [-0.15, -0.1) is 0 Å². The van der Waals surface area contributed by atoms with Crippen LogP contribution in [0.2, 0.25) is 5.02 Å². The quantitative estimate of drug-likeness (QED) is 0.627. The zero-order valence-electron chi connectivity index (χ0n) is 13.1. The summed E-state index contributed by atoms with van der Waals surface area (Å²) in [6, 6.07) is 7.42. The van der Waals surface area contributed by atoms with Crippen LogP contribution in [0, 0.1) is 11.8 Å². The largest absolute Gasteiger partial charge is 0.465 e. The van der Waals surface area contributed by atoms with Crippen LogP contribution in [0.4, 0.5) is 0 Å². The molecule has 5 heteroatoms. The highest BCUT2D eigenvalue weighted by Gasteiger charge is 2.39. The number of carbonyl (C=O) groups is 2. The molecule has 1 saturated heterocycles. The van der Waals surface area contributed by atoms with E-state index in [1.54, 1.807) is 11.9 Å². The number of ether oxygens (including phenoxy) is 1. The molecule has 23 heavy (non-hydrogen) atoms. The van der Waals surface area contributed by atoms with Crippen LogP contribution in [0.3, 0.4) is 0 Å². The molecule has 1 fully saturated rings. The lowest BCUT2D eigenvalue weighted by atomic mass is 9.94. The van der Waals surface area contributed by atoms with Crippen LogP contribution in [0.15, 0.2) is 36.4 Å². The second-order valence-electron chi connectivity index (χ2n) is 6.24. The van der Waals surface area contributed by atoms with Crippen molar-refractivity contribution in [3.05, 3.63) is 47.0 Å². The first-order valence-corrected chi connectivity index (χ1v) is 8.27. The van der Waals surface area contributed by atoms with Gasteiger partial charge in [-0.1, -0.05) is 35.9 Å². The Balaban J connectivity index is 1.69. The number of amides is 1. The number of halogens is 1. The highest BCUT2D eigenvalue weighted by Crippen LogP contribution is 2.38. The van der Waals surface area contributed by atoms with Crippen molar-refractivity contribution in [3.8, 4) is 0 Å². The van der Waals surface area contributed by atoms with Crippen molar-refractivity contribution >= 4 is 23.5 Å². The second-order valence-corrected chi connectivity index (χ2v) is 6.67. The summed E-state index contributed by atoms with van der Waals surface area (Å²) in [7, 11) is 1.79. The van der Waals surface area contributed by atoms with Crippen LogP contribution in [0.1, 0.15) is 30.9 Å². The molecule has 0 unspecified atom stereocenters. The van der Waals surface area contributed by atoms with Gasteiger partial charge in [-0.2, -0.15) is 0 Å². The fourth-order valence-corrected chi connectivity index (χ4v) is 3.60. The van der Waals surface area contributed by atoms with Crippen molar-refractivity contribution in [2.75, 3.05) is 13.7 Å². The molecule has 1 aliphatic carbocycles. The molecule has 0 bridgehead atoms. The minimum atomic E-state index is -0.165. The van der Waals surface area contributed by atoms with E-state index in [2.05, 4.69) is 0 Å². The molecule has 4 nitrogen and oxygen atoms in total. The van der Waals surface area contributed by atoms with E-state index in [4.69, 9.17) is 16.3 Å². The van der Waals surface area contributed by atoms with Gasteiger partial charge in [0.25, 0.3) is 0 Å². The summed E-state index contributed by atoms with van der Waals surface area (Å²) in [5, 5.41) is 0.642. The fourth-order valence-electron chi connectivity index (χ4n) is 3.40. The second kappa shape index (κ2) is 6.75. The molecule has 1 heterocycles. The third-order valence-corrected chi connectivity index (χ3v) is 4.90. The van der Waals surface area contributed by atoms with Gasteiger partial charge in [-0.3, -0.25) is 9.59 Å². The lowest BCUT2D eigenvalue weighted by Crippen LogP contribution is -2.27. The standard InChI is InChI=1S/C18H20ClNO3/c1-20-16(21)10-14(11-23-18(22)12-5-2-3-6-12)17(20)13-7-4-8-15(19)9-13/h2-4,7-9,12,14,17H,5-6,10-11H2,1H3/t14-,17-/m1/s1. The molecule has 3 rings (SSSR count). The molecule has 0 saturated carbocycles. The summed E-state index contributed by atoms with van der Waals surface area (Å²) in [6.07, 6.45) is 5.91. The number of likely N-dealkylation sites (tertiary alicyclic amines) is 1. The Bertz CT molecular complexity index is 635. The summed E-state index contributed by atoms with van der Waals surface area (Å²) < 4.78 is 5.50. The fraction of sp³-hybridized carbons (Fsp3) is 0.444. The first kappa shape index (κ1) is 16.1. The zero-order valence-corrected chi connectivity index (χ0v) is 13.8. The summed E-state index contributed by atoms with van der Waals surface area (Å²) in [5.74, 6) is -0.195. The van der Waals surface area contributed by atoms with Crippen molar-refractivity contribution in [1.82, 2.24) is 4.90 Å². The number of carbonyl (C=O) groups excluding carboxylic acids is 2. The molecule has 2 atom stereocenters. The highest BCUT2D eigenvalue weighted by atomic mass is 35.5. The van der Waals surface area contributed by atoms with Crippen LogP contribution in [0.5, 0.6) is 0 Å². The number of hydrogen-bond acceptors (Lipinski definition) is 3. The molecule has 0 aromatic heterocycles. The average Bonchev–Trinajstić information content (AvgIpc) is 3.14. The van der Waals surface area contributed by atoms with Crippen LogP contribution in [-0.4, -0.2) is 30.4 Å². The highest BCUT2D eigenvalue weighted by molar-refractivity contribution is 6.30. The summed E-state index contributed by atoms with van der Waals surface area (Å²) in [6.45, 7) is 0.266. The third kappa shape index (κ3) is 3.42. The van der Waals surface area contributed by atoms with Crippen LogP contribution in [0.25, 0.3) is 0 Å². The van der Waals surface area contributed by atoms with Gasteiger partial charge in [0.15, 0.2) is 0 Å². The van der Waals surface area contributed by atoms with Crippen LogP contribution < -0.4 is 0 Å². The van der Waals surface area contributed by atoms with Crippen molar-refractivity contribution in [3.63, 3.8) is 0 Å². The van der Waals surface area contributed by atoms with Crippen LogP contribution in [-0.2, 0) is 14.3 Å². The number of nitrogens with zero attached hydrogens (tertiary/aromatic N) is 1. The van der Waals surface area contributed by atoms with E-state index >= 15 is 0 Å². The molecule has 1 aliphatic heterocycles. The monoisotopic (exact) mass is 333 g/mol. The molecule has 122 valence electrons. The van der Waals surface area contributed by atoms with Crippen molar-refractivity contribution in [1.29, 1.82) is 0 Å². The average molecular weight is 334 g/mol. The van der Waals surface area contributed by atoms with Gasteiger partial charge in [-0.25, -0.2) is 0 Å². The Morgan fingerprint density at radius 1 is 1.35 bits per heavy atom. The van der Waals surface area contributed by atoms with Crippen LogP contribution >= 0.6 is 11.6 Å². The molecule has 0 N–H and O–H groups in total. The number of hydrogen-bond donors (Lipinski definition) is 0. The van der Waals surface area contributed by atoms with Gasteiger partial charge < -0.3 is 9.64 Å². The van der Waals surface area contributed by atoms with E-state index in [0.717, 1.165) is 18.4 Å². The minimum Gasteiger partial charge on any atom is -0.465 e. The molecule has 0 spiro atoms.